The molecule has 0 fully saturated rings. The maximum absolute atomic E-state index is 11.4. The van der Waals surface area contributed by atoms with Crippen LogP contribution >= 0.6 is 0 Å². The van der Waals surface area contributed by atoms with E-state index in [1.807, 2.05) is 13.8 Å². The largest absolute Gasteiger partial charge is 0.422 e. The fourth-order valence-corrected chi connectivity index (χ4v) is 1.05. The Morgan fingerprint density at radius 3 is 2.64 bits per heavy atom. The van der Waals surface area contributed by atoms with E-state index in [1.54, 1.807) is 0 Å². The minimum absolute atomic E-state index is 0.0359. The first-order chi connectivity index (χ1) is 6.56. The standard InChI is InChI=1S/C10H13NO3/c1-4-5-11-9(12)6-8(7(2)3)14-10(11)13/h4,6-7H,1,5H2,2-3H3. The summed E-state index contributed by atoms with van der Waals surface area (Å²) in [6.45, 7) is 7.35. The molecule has 14 heavy (non-hydrogen) atoms. The van der Waals surface area contributed by atoms with Crippen molar-refractivity contribution in [1.29, 1.82) is 0 Å². The van der Waals surface area contributed by atoms with Crippen LogP contribution in [0.1, 0.15) is 25.5 Å². The van der Waals surface area contributed by atoms with Gasteiger partial charge >= 0.3 is 5.76 Å². The van der Waals surface area contributed by atoms with Gasteiger partial charge in [-0.1, -0.05) is 19.9 Å². The van der Waals surface area contributed by atoms with E-state index >= 15 is 0 Å². The van der Waals surface area contributed by atoms with E-state index in [4.69, 9.17) is 4.42 Å². The molecule has 0 aliphatic rings. The molecule has 4 nitrogen and oxygen atoms in total. The van der Waals surface area contributed by atoms with Gasteiger partial charge < -0.3 is 4.42 Å². The highest BCUT2D eigenvalue weighted by atomic mass is 16.4. The summed E-state index contributed by atoms with van der Waals surface area (Å²) < 4.78 is 5.96. The van der Waals surface area contributed by atoms with Crippen LogP contribution in [0.15, 0.2) is 32.7 Å². The summed E-state index contributed by atoms with van der Waals surface area (Å²) in [6, 6.07) is 1.34. The summed E-state index contributed by atoms with van der Waals surface area (Å²) in [5, 5.41) is 0. The van der Waals surface area contributed by atoms with Crippen LogP contribution in [-0.4, -0.2) is 4.57 Å². The zero-order chi connectivity index (χ0) is 10.7. The molecule has 0 spiro atoms. The zero-order valence-corrected chi connectivity index (χ0v) is 8.32. The van der Waals surface area contributed by atoms with Gasteiger partial charge in [-0.3, -0.25) is 4.79 Å². The highest BCUT2D eigenvalue weighted by Crippen LogP contribution is 2.08. The van der Waals surface area contributed by atoms with Crippen molar-refractivity contribution < 1.29 is 4.42 Å². The number of hydrogen-bond acceptors (Lipinski definition) is 3. The number of hydrogen-bond donors (Lipinski definition) is 0. The molecule has 0 saturated carbocycles. The molecule has 0 aliphatic carbocycles. The van der Waals surface area contributed by atoms with Crippen molar-refractivity contribution in [3.8, 4) is 0 Å². The van der Waals surface area contributed by atoms with Crippen LogP contribution in [0.5, 0.6) is 0 Å². The SMILES string of the molecule is C=CCn1c(=O)cc(C(C)C)oc1=O. The molecule has 1 heterocycles. The Morgan fingerprint density at radius 2 is 2.21 bits per heavy atom. The first-order valence-corrected chi connectivity index (χ1v) is 4.42. The molecule has 4 heteroatoms. The first kappa shape index (κ1) is 10.5. The molecule has 0 unspecified atom stereocenters. The van der Waals surface area contributed by atoms with E-state index in [0.29, 0.717) is 5.76 Å². The van der Waals surface area contributed by atoms with E-state index in [9.17, 15) is 9.59 Å². The molecule has 0 amide bonds. The summed E-state index contributed by atoms with van der Waals surface area (Å²) in [5.41, 5.74) is -0.343. The van der Waals surface area contributed by atoms with Gasteiger partial charge in [0.2, 0.25) is 0 Å². The fraction of sp³-hybridized carbons (Fsp3) is 0.400. The number of allylic oxidation sites excluding steroid dienone is 1. The van der Waals surface area contributed by atoms with Gasteiger partial charge in [0.15, 0.2) is 0 Å². The van der Waals surface area contributed by atoms with Crippen LogP contribution in [0.2, 0.25) is 0 Å². The molecular weight excluding hydrogens is 182 g/mol. The van der Waals surface area contributed by atoms with Gasteiger partial charge in [0.25, 0.3) is 5.56 Å². The normalized spacial score (nSPS) is 10.5. The minimum Gasteiger partial charge on any atom is -0.414 e. The number of nitrogens with zero attached hydrogens (tertiary/aromatic N) is 1. The Kier molecular flexibility index (Phi) is 3.06. The Balaban J connectivity index is 3.33. The van der Waals surface area contributed by atoms with E-state index in [-0.39, 0.29) is 18.0 Å². The van der Waals surface area contributed by atoms with E-state index < -0.39 is 5.76 Å². The Hall–Kier alpha value is -1.58. The third kappa shape index (κ3) is 2.02. The van der Waals surface area contributed by atoms with Crippen molar-refractivity contribution in [1.82, 2.24) is 4.57 Å². The van der Waals surface area contributed by atoms with Crippen LogP contribution in [0.3, 0.4) is 0 Å². The average Bonchev–Trinajstić information content (AvgIpc) is 2.10. The van der Waals surface area contributed by atoms with Gasteiger partial charge in [0.1, 0.15) is 5.76 Å². The molecule has 1 rings (SSSR count). The van der Waals surface area contributed by atoms with Crippen LogP contribution < -0.4 is 11.3 Å². The van der Waals surface area contributed by atoms with Crippen molar-refractivity contribution in [2.75, 3.05) is 0 Å². The van der Waals surface area contributed by atoms with Crippen molar-refractivity contribution in [3.63, 3.8) is 0 Å². The monoisotopic (exact) mass is 195 g/mol. The van der Waals surface area contributed by atoms with Gasteiger partial charge in [-0.25, -0.2) is 9.36 Å². The van der Waals surface area contributed by atoms with E-state index in [1.165, 1.54) is 12.1 Å². The molecule has 0 bridgehead atoms. The van der Waals surface area contributed by atoms with Crippen molar-refractivity contribution in [3.05, 3.63) is 45.4 Å². The Labute approximate surface area is 81.5 Å². The van der Waals surface area contributed by atoms with Crippen LogP contribution in [0, 0.1) is 0 Å². The average molecular weight is 195 g/mol. The van der Waals surface area contributed by atoms with E-state index in [0.717, 1.165) is 4.57 Å². The molecule has 0 atom stereocenters. The van der Waals surface area contributed by atoms with Gasteiger partial charge in [-0.15, -0.1) is 6.58 Å². The smallest absolute Gasteiger partial charge is 0.414 e. The lowest BCUT2D eigenvalue weighted by atomic mass is 10.1. The predicted octanol–water partition coefficient (Wildman–Crippen LogP) is 1.11. The van der Waals surface area contributed by atoms with Gasteiger partial charge in [0.05, 0.1) is 6.54 Å². The number of rotatable bonds is 3. The Bertz CT molecular complexity index is 408. The molecule has 76 valence electrons. The number of aromatic nitrogens is 1. The fourth-order valence-electron chi connectivity index (χ4n) is 1.05. The van der Waals surface area contributed by atoms with E-state index in [2.05, 4.69) is 6.58 Å². The summed E-state index contributed by atoms with van der Waals surface area (Å²) in [6.07, 6.45) is 1.48. The zero-order valence-electron chi connectivity index (χ0n) is 8.32. The van der Waals surface area contributed by atoms with Crippen molar-refractivity contribution in [2.45, 2.75) is 26.3 Å². The summed E-state index contributed by atoms with van der Waals surface area (Å²) in [5.74, 6) is -0.171. The van der Waals surface area contributed by atoms with Crippen molar-refractivity contribution >= 4 is 0 Å². The van der Waals surface area contributed by atoms with Crippen LogP contribution in [0.25, 0.3) is 0 Å². The van der Waals surface area contributed by atoms with Gasteiger partial charge in [0, 0.05) is 12.0 Å². The lowest BCUT2D eigenvalue weighted by Gasteiger charge is -2.04. The highest BCUT2D eigenvalue weighted by molar-refractivity contribution is 5.00. The molecule has 1 aromatic heterocycles. The second kappa shape index (κ2) is 4.09. The molecule has 0 aromatic carbocycles. The highest BCUT2D eigenvalue weighted by Gasteiger charge is 2.07. The quantitative estimate of drug-likeness (QED) is 0.679. The maximum atomic E-state index is 11.4. The molecule has 0 saturated heterocycles. The third-order valence-electron chi connectivity index (χ3n) is 1.84. The topological polar surface area (TPSA) is 52.2 Å². The lowest BCUT2D eigenvalue weighted by molar-refractivity contribution is 0.383. The Morgan fingerprint density at radius 1 is 1.57 bits per heavy atom. The second-order valence-electron chi connectivity index (χ2n) is 3.31. The summed E-state index contributed by atoms with van der Waals surface area (Å²) >= 11 is 0. The molecule has 1 aromatic rings. The van der Waals surface area contributed by atoms with Crippen LogP contribution in [-0.2, 0) is 6.54 Å². The molecule has 0 N–H and O–H groups in total. The van der Waals surface area contributed by atoms with Gasteiger partial charge in [-0.2, -0.15) is 0 Å². The summed E-state index contributed by atoms with van der Waals surface area (Å²) in [7, 11) is 0. The molecule has 0 aliphatic heterocycles. The summed E-state index contributed by atoms with van der Waals surface area (Å²) in [4.78, 5) is 22.7. The van der Waals surface area contributed by atoms with Crippen LogP contribution in [0.4, 0.5) is 0 Å². The molecular formula is C10H13NO3. The molecule has 0 radical (unpaired) electrons. The lowest BCUT2D eigenvalue weighted by Crippen LogP contribution is -2.32. The predicted molar refractivity (Wildman–Crippen MR) is 53.5 cm³/mol. The van der Waals surface area contributed by atoms with Gasteiger partial charge in [-0.05, 0) is 0 Å². The maximum Gasteiger partial charge on any atom is 0.422 e. The second-order valence-corrected chi connectivity index (χ2v) is 3.31. The third-order valence-corrected chi connectivity index (χ3v) is 1.84. The first-order valence-electron chi connectivity index (χ1n) is 4.42. The minimum atomic E-state index is -0.624. The van der Waals surface area contributed by atoms with Crippen molar-refractivity contribution in [2.24, 2.45) is 0 Å².